The summed E-state index contributed by atoms with van der Waals surface area (Å²) in [5.41, 5.74) is 3.54. The van der Waals surface area contributed by atoms with Crippen molar-refractivity contribution >= 4 is 44.8 Å². The zero-order chi connectivity index (χ0) is 33.7. The SMILES string of the molecule is O=C(CCCCCCCC(=O)Nc1nc(-c2ccc(Oc3ccccc3)cc2)cs1)Nc1nc(-c2ccc(Oc3ccccc3)cc2)cs1. The third-order valence-corrected chi connectivity index (χ3v) is 9.08. The molecule has 0 radical (unpaired) electrons. The maximum atomic E-state index is 12.5. The molecule has 0 fully saturated rings. The number of amides is 2. The minimum atomic E-state index is -0.0360. The average Bonchev–Trinajstić information content (AvgIpc) is 3.79. The molecule has 0 aliphatic rings. The molecule has 0 atom stereocenters. The van der Waals surface area contributed by atoms with E-state index >= 15 is 0 Å². The van der Waals surface area contributed by atoms with Gasteiger partial charge in [-0.1, -0.05) is 55.7 Å². The number of ether oxygens (including phenoxy) is 2. The van der Waals surface area contributed by atoms with Gasteiger partial charge in [-0.05, 0) is 85.6 Å². The summed E-state index contributed by atoms with van der Waals surface area (Å²) < 4.78 is 11.7. The van der Waals surface area contributed by atoms with E-state index in [1.165, 1.54) is 22.7 Å². The first-order chi connectivity index (χ1) is 24.1. The largest absolute Gasteiger partial charge is 0.457 e. The summed E-state index contributed by atoms with van der Waals surface area (Å²) in [7, 11) is 0. The quantitative estimate of drug-likeness (QED) is 0.0981. The van der Waals surface area contributed by atoms with E-state index in [9.17, 15) is 9.59 Å². The topological polar surface area (TPSA) is 102 Å². The van der Waals surface area contributed by atoms with Crippen LogP contribution < -0.4 is 20.1 Å². The molecular weight excluding hydrogens is 653 g/mol. The van der Waals surface area contributed by atoms with Crippen molar-refractivity contribution in [1.29, 1.82) is 0 Å². The molecule has 0 spiro atoms. The monoisotopic (exact) mass is 688 g/mol. The van der Waals surface area contributed by atoms with Crippen LogP contribution in [0.15, 0.2) is 120 Å². The molecule has 0 aliphatic heterocycles. The Balaban J connectivity index is 0.832. The minimum Gasteiger partial charge on any atom is -0.457 e. The van der Waals surface area contributed by atoms with Crippen LogP contribution in [0, 0.1) is 0 Å². The molecule has 248 valence electrons. The minimum absolute atomic E-state index is 0.0360. The predicted octanol–water partition coefficient (Wildman–Crippen LogP) is 10.8. The number of para-hydroxylation sites is 2. The number of unbranched alkanes of at least 4 members (excludes halogenated alkanes) is 4. The zero-order valence-corrected chi connectivity index (χ0v) is 28.5. The Hall–Kier alpha value is -5.32. The number of hydrogen-bond acceptors (Lipinski definition) is 8. The van der Waals surface area contributed by atoms with Crippen LogP contribution in [0.2, 0.25) is 0 Å². The molecule has 6 aromatic rings. The summed E-state index contributed by atoms with van der Waals surface area (Å²) in [6.07, 6.45) is 5.30. The average molecular weight is 689 g/mol. The maximum absolute atomic E-state index is 12.5. The van der Waals surface area contributed by atoms with Gasteiger partial charge in [0.05, 0.1) is 11.4 Å². The molecule has 10 heteroatoms. The summed E-state index contributed by atoms with van der Waals surface area (Å²) in [5.74, 6) is 3.00. The van der Waals surface area contributed by atoms with E-state index in [1.54, 1.807) is 0 Å². The van der Waals surface area contributed by atoms with E-state index in [1.807, 2.05) is 120 Å². The van der Waals surface area contributed by atoms with Crippen molar-refractivity contribution in [3.63, 3.8) is 0 Å². The van der Waals surface area contributed by atoms with Crippen LogP contribution >= 0.6 is 22.7 Å². The lowest BCUT2D eigenvalue weighted by Crippen LogP contribution is -2.11. The van der Waals surface area contributed by atoms with Crippen molar-refractivity contribution in [2.75, 3.05) is 10.6 Å². The van der Waals surface area contributed by atoms with Crippen molar-refractivity contribution in [1.82, 2.24) is 9.97 Å². The summed E-state index contributed by atoms with van der Waals surface area (Å²) in [6.45, 7) is 0. The van der Waals surface area contributed by atoms with Gasteiger partial charge in [0, 0.05) is 34.7 Å². The van der Waals surface area contributed by atoms with Crippen LogP contribution in [0.1, 0.15) is 44.9 Å². The lowest BCUT2D eigenvalue weighted by Gasteiger charge is -2.06. The predicted molar refractivity (Wildman–Crippen MR) is 198 cm³/mol. The fourth-order valence-corrected chi connectivity index (χ4v) is 6.50. The van der Waals surface area contributed by atoms with Crippen LogP contribution in [0.5, 0.6) is 23.0 Å². The molecular formula is C39H36N4O4S2. The fraction of sp³-hybridized carbons (Fsp3) is 0.179. The third-order valence-electron chi connectivity index (χ3n) is 7.57. The number of thiazole rings is 2. The van der Waals surface area contributed by atoms with E-state index in [0.29, 0.717) is 23.1 Å². The molecule has 4 aromatic carbocycles. The van der Waals surface area contributed by atoms with E-state index in [4.69, 9.17) is 9.47 Å². The second-order valence-corrected chi connectivity index (χ2v) is 13.0. The number of carbonyl (C=O) groups is 2. The highest BCUT2D eigenvalue weighted by Crippen LogP contribution is 2.30. The number of aromatic nitrogens is 2. The molecule has 8 nitrogen and oxygen atoms in total. The van der Waals surface area contributed by atoms with Gasteiger partial charge in [-0.15, -0.1) is 22.7 Å². The highest BCUT2D eigenvalue weighted by atomic mass is 32.1. The molecule has 0 aliphatic carbocycles. The maximum Gasteiger partial charge on any atom is 0.226 e. The van der Waals surface area contributed by atoms with E-state index in [2.05, 4.69) is 20.6 Å². The first-order valence-corrected chi connectivity index (χ1v) is 18.0. The molecule has 2 heterocycles. The van der Waals surface area contributed by atoms with Crippen molar-refractivity contribution in [3.8, 4) is 45.5 Å². The molecule has 0 bridgehead atoms. The number of carbonyl (C=O) groups excluding carboxylic acids is 2. The van der Waals surface area contributed by atoms with Crippen LogP contribution in [-0.2, 0) is 9.59 Å². The molecule has 2 N–H and O–H groups in total. The third kappa shape index (κ3) is 10.3. The van der Waals surface area contributed by atoms with Crippen molar-refractivity contribution in [2.24, 2.45) is 0 Å². The number of hydrogen-bond donors (Lipinski definition) is 2. The van der Waals surface area contributed by atoms with Crippen LogP contribution in [0.3, 0.4) is 0 Å². The van der Waals surface area contributed by atoms with Gasteiger partial charge in [-0.3, -0.25) is 9.59 Å². The van der Waals surface area contributed by atoms with Crippen LogP contribution in [-0.4, -0.2) is 21.8 Å². The van der Waals surface area contributed by atoms with Crippen molar-refractivity contribution in [3.05, 3.63) is 120 Å². The number of rotatable bonds is 16. The zero-order valence-electron chi connectivity index (χ0n) is 26.8. The molecule has 6 rings (SSSR count). The normalized spacial score (nSPS) is 10.8. The van der Waals surface area contributed by atoms with Gasteiger partial charge in [-0.2, -0.15) is 0 Å². The Morgan fingerprint density at radius 2 is 0.857 bits per heavy atom. The van der Waals surface area contributed by atoms with Gasteiger partial charge in [0.2, 0.25) is 11.8 Å². The number of nitrogens with zero attached hydrogens (tertiary/aromatic N) is 2. The highest BCUT2D eigenvalue weighted by molar-refractivity contribution is 7.14. The summed E-state index contributed by atoms with van der Waals surface area (Å²) in [5, 5.41) is 10.9. The lowest BCUT2D eigenvalue weighted by atomic mass is 10.1. The Morgan fingerprint density at radius 3 is 1.27 bits per heavy atom. The van der Waals surface area contributed by atoms with Crippen molar-refractivity contribution < 1.29 is 19.1 Å². The lowest BCUT2D eigenvalue weighted by molar-refractivity contribution is -0.117. The standard InChI is InChI=1S/C39H36N4O4S2/c44-36(42-38-40-34(26-48-38)28-18-22-32(23-19-28)46-30-12-6-4-7-13-30)16-10-2-1-3-11-17-37(45)43-39-41-35(27-49-39)29-20-24-33(25-21-29)47-31-14-8-5-9-15-31/h4-9,12-15,18-27H,1-3,10-11,16-17H2,(H,40,42,44)(H,41,43,45). The summed E-state index contributed by atoms with van der Waals surface area (Å²) >= 11 is 2.83. The Labute approximate surface area is 293 Å². The van der Waals surface area contributed by atoms with Gasteiger partial charge >= 0.3 is 0 Å². The summed E-state index contributed by atoms with van der Waals surface area (Å²) in [6, 6.07) is 34.8. The Bertz CT molecular complexity index is 1780. The number of anilines is 2. The second kappa shape index (κ2) is 17.2. The second-order valence-electron chi connectivity index (χ2n) is 11.3. The molecule has 2 aromatic heterocycles. The van der Waals surface area contributed by atoms with Gasteiger partial charge in [0.1, 0.15) is 23.0 Å². The molecule has 0 saturated carbocycles. The van der Waals surface area contributed by atoms with Gasteiger partial charge in [-0.25, -0.2) is 9.97 Å². The molecule has 49 heavy (non-hydrogen) atoms. The van der Waals surface area contributed by atoms with E-state index in [-0.39, 0.29) is 11.8 Å². The molecule has 2 amide bonds. The van der Waals surface area contributed by atoms with E-state index < -0.39 is 0 Å². The first-order valence-electron chi connectivity index (χ1n) is 16.2. The summed E-state index contributed by atoms with van der Waals surface area (Å²) in [4.78, 5) is 34.1. The Morgan fingerprint density at radius 1 is 0.490 bits per heavy atom. The smallest absolute Gasteiger partial charge is 0.226 e. The first kappa shape index (κ1) is 33.6. The van der Waals surface area contributed by atoms with Gasteiger partial charge < -0.3 is 20.1 Å². The van der Waals surface area contributed by atoms with Gasteiger partial charge in [0.15, 0.2) is 10.3 Å². The van der Waals surface area contributed by atoms with Crippen molar-refractivity contribution in [2.45, 2.75) is 44.9 Å². The van der Waals surface area contributed by atoms with Crippen LogP contribution in [0.4, 0.5) is 10.3 Å². The Kier molecular flexibility index (Phi) is 11.8. The highest BCUT2D eigenvalue weighted by Gasteiger charge is 2.11. The number of nitrogens with one attached hydrogen (secondary N) is 2. The van der Waals surface area contributed by atoms with Crippen LogP contribution in [0.25, 0.3) is 22.5 Å². The van der Waals surface area contributed by atoms with E-state index in [0.717, 1.165) is 77.6 Å². The fourth-order valence-electron chi connectivity index (χ4n) is 5.03. The van der Waals surface area contributed by atoms with Gasteiger partial charge in [0.25, 0.3) is 0 Å². The molecule has 0 unspecified atom stereocenters. The molecule has 0 saturated heterocycles. The number of benzene rings is 4.